The van der Waals surface area contributed by atoms with E-state index in [0.717, 1.165) is 18.2 Å². The van der Waals surface area contributed by atoms with Crippen LogP contribution in [0.1, 0.15) is 51.2 Å². The minimum absolute atomic E-state index is 0.0367. The molecule has 2 aromatic carbocycles. The van der Waals surface area contributed by atoms with Gasteiger partial charge < -0.3 is 10.2 Å². The third kappa shape index (κ3) is 8.65. The Morgan fingerprint density at radius 1 is 1.09 bits per heavy atom. The number of amides is 2. The van der Waals surface area contributed by atoms with Gasteiger partial charge in [-0.1, -0.05) is 31.2 Å². The van der Waals surface area contributed by atoms with Gasteiger partial charge in [0.2, 0.25) is 21.8 Å². The summed E-state index contributed by atoms with van der Waals surface area (Å²) in [6, 6.07) is 12.2. The Morgan fingerprint density at radius 3 is 2.31 bits per heavy atom. The summed E-state index contributed by atoms with van der Waals surface area (Å²) >= 11 is 0. The highest BCUT2D eigenvalue weighted by atomic mass is 32.2. The number of nitrogens with zero attached hydrogens (tertiary/aromatic N) is 2. The quantitative estimate of drug-likeness (QED) is 0.472. The topological polar surface area (TPSA) is 86.8 Å². The van der Waals surface area contributed by atoms with Gasteiger partial charge in [0, 0.05) is 25.6 Å². The van der Waals surface area contributed by atoms with E-state index < -0.39 is 16.1 Å². The lowest BCUT2D eigenvalue weighted by Gasteiger charge is -2.30. The third-order valence-corrected chi connectivity index (χ3v) is 7.07. The van der Waals surface area contributed by atoms with Crippen molar-refractivity contribution in [1.29, 1.82) is 0 Å². The highest BCUT2D eigenvalue weighted by Gasteiger charge is 2.27. The van der Waals surface area contributed by atoms with E-state index in [0.29, 0.717) is 11.3 Å². The van der Waals surface area contributed by atoms with Crippen LogP contribution in [0.2, 0.25) is 0 Å². The lowest BCUT2D eigenvalue weighted by Crippen LogP contribution is -2.49. The lowest BCUT2D eigenvalue weighted by atomic mass is 10.1. The van der Waals surface area contributed by atoms with Gasteiger partial charge in [0.25, 0.3) is 0 Å². The molecule has 192 valence electrons. The molecule has 0 bridgehead atoms. The molecule has 2 rings (SSSR count). The normalized spacial score (nSPS) is 13.1. The second kappa shape index (κ2) is 12.7. The van der Waals surface area contributed by atoms with Crippen LogP contribution >= 0.6 is 0 Å². The Hall–Kier alpha value is -2.94. The minimum Gasteiger partial charge on any atom is -0.352 e. The molecule has 0 saturated heterocycles. The number of hydrogen-bond donors (Lipinski definition) is 1. The van der Waals surface area contributed by atoms with Crippen LogP contribution in [-0.2, 0) is 26.2 Å². The molecule has 2 amide bonds. The van der Waals surface area contributed by atoms with Crippen LogP contribution in [0.4, 0.5) is 10.1 Å². The van der Waals surface area contributed by atoms with Crippen molar-refractivity contribution in [2.24, 2.45) is 0 Å². The molecule has 1 N–H and O–H groups in total. The number of sulfonamides is 1. The Kier molecular flexibility index (Phi) is 10.2. The molecule has 0 aliphatic heterocycles. The van der Waals surface area contributed by atoms with E-state index in [1.54, 1.807) is 37.3 Å². The zero-order valence-electron chi connectivity index (χ0n) is 21.1. The second-order valence-electron chi connectivity index (χ2n) is 8.92. The first-order valence-corrected chi connectivity index (χ1v) is 13.7. The fourth-order valence-corrected chi connectivity index (χ4v) is 4.58. The number of rotatable bonds is 12. The monoisotopic (exact) mass is 505 g/mol. The van der Waals surface area contributed by atoms with E-state index in [-0.39, 0.29) is 49.6 Å². The first-order chi connectivity index (χ1) is 16.4. The molecule has 0 aliphatic carbocycles. The van der Waals surface area contributed by atoms with Crippen molar-refractivity contribution < 1.29 is 22.4 Å². The molecule has 2 aromatic rings. The SMILES string of the molecule is CC[C@H](C)NC(=O)[C@@H](C)N(Cc1ccc(F)cc1)C(=O)CCCN(c1cccc(C)c1)S(C)(=O)=O. The fourth-order valence-electron chi connectivity index (χ4n) is 3.62. The largest absolute Gasteiger partial charge is 0.352 e. The van der Waals surface area contributed by atoms with E-state index in [1.807, 2.05) is 26.8 Å². The first-order valence-electron chi connectivity index (χ1n) is 11.8. The first kappa shape index (κ1) is 28.3. The molecule has 0 radical (unpaired) electrons. The smallest absolute Gasteiger partial charge is 0.242 e. The Balaban J connectivity index is 2.16. The third-order valence-electron chi connectivity index (χ3n) is 5.88. The van der Waals surface area contributed by atoms with Crippen molar-refractivity contribution in [3.63, 3.8) is 0 Å². The van der Waals surface area contributed by atoms with E-state index in [4.69, 9.17) is 0 Å². The molecule has 35 heavy (non-hydrogen) atoms. The van der Waals surface area contributed by atoms with Gasteiger partial charge in [-0.25, -0.2) is 12.8 Å². The Labute approximate surface area is 208 Å². The van der Waals surface area contributed by atoms with E-state index in [1.165, 1.54) is 21.3 Å². The summed E-state index contributed by atoms with van der Waals surface area (Å²) in [4.78, 5) is 27.5. The summed E-state index contributed by atoms with van der Waals surface area (Å²) in [7, 11) is -3.54. The van der Waals surface area contributed by atoms with Crippen LogP contribution in [0, 0.1) is 12.7 Å². The maximum atomic E-state index is 13.4. The van der Waals surface area contributed by atoms with Gasteiger partial charge in [-0.15, -0.1) is 0 Å². The number of nitrogens with one attached hydrogen (secondary N) is 1. The van der Waals surface area contributed by atoms with Crippen molar-refractivity contribution >= 4 is 27.5 Å². The highest BCUT2D eigenvalue weighted by Crippen LogP contribution is 2.20. The average molecular weight is 506 g/mol. The van der Waals surface area contributed by atoms with Gasteiger partial charge in [-0.3, -0.25) is 13.9 Å². The predicted octanol–water partition coefficient (Wildman–Crippen LogP) is 4.01. The summed E-state index contributed by atoms with van der Waals surface area (Å²) in [6.45, 7) is 7.66. The molecular formula is C26H36FN3O4S. The van der Waals surface area contributed by atoms with Crippen molar-refractivity contribution in [2.75, 3.05) is 17.1 Å². The molecule has 0 fully saturated rings. The standard InChI is InChI=1S/C26H36FN3O4S/c1-6-20(3)28-26(32)21(4)29(18-22-12-14-23(27)15-13-22)25(31)11-8-16-30(35(5,33)34)24-10-7-9-19(2)17-24/h7,9-10,12-15,17,20-21H,6,8,11,16,18H2,1-5H3,(H,28,32)/t20-,21+/m0/s1. The molecule has 0 heterocycles. The summed E-state index contributed by atoms with van der Waals surface area (Å²) in [6.07, 6.45) is 2.23. The van der Waals surface area contributed by atoms with Crippen LogP contribution in [0.3, 0.4) is 0 Å². The van der Waals surface area contributed by atoms with E-state index in [2.05, 4.69) is 5.32 Å². The molecule has 0 spiro atoms. The molecule has 0 unspecified atom stereocenters. The average Bonchev–Trinajstić information content (AvgIpc) is 2.79. The van der Waals surface area contributed by atoms with Gasteiger partial charge in [0.05, 0.1) is 11.9 Å². The van der Waals surface area contributed by atoms with Crippen molar-refractivity contribution in [3.8, 4) is 0 Å². The number of carbonyl (C=O) groups excluding carboxylic acids is 2. The number of carbonyl (C=O) groups is 2. The van der Waals surface area contributed by atoms with Crippen LogP contribution in [0.15, 0.2) is 48.5 Å². The van der Waals surface area contributed by atoms with Crippen LogP contribution < -0.4 is 9.62 Å². The molecule has 0 aromatic heterocycles. The fraction of sp³-hybridized carbons (Fsp3) is 0.462. The molecule has 0 saturated carbocycles. The van der Waals surface area contributed by atoms with Crippen molar-refractivity contribution in [3.05, 3.63) is 65.5 Å². The van der Waals surface area contributed by atoms with Gasteiger partial charge in [0.15, 0.2) is 0 Å². The summed E-state index contributed by atoms with van der Waals surface area (Å²) in [5, 5.41) is 2.90. The van der Waals surface area contributed by atoms with Gasteiger partial charge in [-0.05, 0) is 69.0 Å². The number of anilines is 1. The van der Waals surface area contributed by atoms with E-state index >= 15 is 0 Å². The molecule has 7 nitrogen and oxygen atoms in total. The predicted molar refractivity (Wildman–Crippen MR) is 137 cm³/mol. The summed E-state index contributed by atoms with van der Waals surface area (Å²) in [5.74, 6) is -0.933. The van der Waals surface area contributed by atoms with E-state index in [9.17, 15) is 22.4 Å². The maximum Gasteiger partial charge on any atom is 0.242 e. The number of aryl methyl sites for hydroxylation is 1. The number of halogens is 1. The van der Waals surface area contributed by atoms with Crippen molar-refractivity contribution in [1.82, 2.24) is 10.2 Å². The van der Waals surface area contributed by atoms with Crippen LogP contribution in [0.5, 0.6) is 0 Å². The second-order valence-corrected chi connectivity index (χ2v) is 10.8. The number of benzene rings is 2. The summed E-state index contributed by atoms with van der Waals surface area (Å²) in [5.41, 5.74) is 2.17. The maximum absolute atomic E-state index is 13.4. The lowest BCUT2D eigenvalue weighted by molar-refractivity contribution is -0.140. The van der Waals surface area contributed by atoms with Crippen molar-refractivity contribution in [2.45, 2.75) is 65.6 Å². The Morgan fingerprint density at radius 2 is 1.74 bits per heavy atom. The highest BCUT2D eigenvalue weighted by molar-refractivity contribution is 7.92. The van der Waals surface area contributed by atoms with Crippen LogP contribution in [0.25, 0.3) is 0 Å². The molecular weight excluding hydrogens is 469 g/mol. The zero-order valence-corrected chi connectivity index (χ0v) is 21.9. The van der Waals surface area contributed by atoms with Gasteiger partial charge in [0.1, 0.15) is 11.9 Å². The zero-order chi connectivity index (χ0) is 26.2. The molecule has 2 atom stereocenters. The van der Waals surface area contributed by atoms with Crippen LogP contribution in [-0.4, -0.2) is 50.0 Å². The van der Waals surface area contributed by atoms with Gasteiger partial charge in [-0.2, -0.15) is 0 Å². The van der Waals surface area contributed by atoms with Gasteiger partial charge >= 0.3 is 0 Å². The Bertz CT molecular complexity index is 1110. The summed E-state index contributed by atoms with van der Waals surface area (Å²) < 4.78 is 39.4. The molecule has 0 aliphatic rings. The molecule has 9 heteroatoms. The number of hydrogen-bond acceptors (Lipinski definition) is 4. The minimum atomic E-state index is -3.54.